The van der Waals surface area contributed by atoms with Gasteiger partial charge in [0.15, 0.2) is 0 Å². The molecule has 4 heterocycles. The zero-order valence-corrected chi connectivity index (χ0v) is 19.1. The molecule has 1 atom stereocenters. The number of fused-ring (bicyclic) bond motifs is 1. The molecule has 7 nitrogen and oxygen atoms in total. The average molecular weight is 447 g/mol. The number of likely N-dealkylation sites (tertiary alicyclic amines) is 2. The number of amides is 2. The van der Waals surface area contributed by atoms with Crippen molar-refractivity contribution in [1.29, 1.82) is 0 Å². The van der Waals surface area contributed by atoms with Crippen LogP contribution in [-0.4, -0.2) is 64.5 Å². The summed E-state index contributed by atoms with van der Waals surface area (Å²) < 4.78 is 7.40. The highest BCUT2D eigenvalue weighted by Crippen LogP contribution is 2.30. The van der Waals surface area contributed by atoms with Crippen LogP contribution in [0.25, 0.3) is 22.2 Å². The number of carbonyl (C=O) groups is 2. The van der Waals surface area contributed by atoms with Crippen molar-refractivity contribution in [3.8, 4) is 17.0 Å². The highest BCUT2D eigenvalue weighted by atomic mass is 16.5. The first-order valence-corrected chi connectivity index (χ1v) is 11.8. The molecule has 0 aliphatic carbocycles. The molecule has 3 aromatic rings. The predicted molar refractivity (Wildman–Crippen MR) is 127 cm³/mol. The minimum atomic E-state index is 0.116. The van der Waals surface area contributed by atoms with Crippen LogP contribution in [0.5, 0.6) is 5.75 Å². The van der Waals surface area contributed by atoms with Gasteiger partial charge in [-0.2, -0.15) is 0 Å². The third-order valence-electron chi connectivity index (χ3n) is 6.85. The molecule has 0 bridgehead atoms. The van der Waals surface area contributed by atoms with Gasteiger partial charge >= 0.3 is 0 Å². The number of methoxy groups -OCH3 is 1. The molecule has 1 aromatic carbocycles. The van der Waals surface area contributed by atoms with E-state index in [9.17, 15) is 9.59 Å². The number of nitrogens with zero attached hydrogens (tertiary/aromatic N) is 4. The van der Waals surface area contributed by atoms with E-state index in [4.69, 9.17) is 4.74 Å². The van der Waals surface area contributed by atoms with Crippen molar-refractivity contribution in [3.05, 3.63) is 48.8 Å². The smallest absolute Gasteiger partial charge is 0.242 e. The average Bonchev–Trinajstić information content (AvgIpc) is 3.45. The second kappa shape index (κ2) is 9.25. The minimum Gasteiger partial charge on any atom is -0.497 e. The van der Waals surface area contributed by atoms with Gasteiger partial charge in [0.1, 0.15) is 12.3 Å². The largest absolute Gasteiger partial charge is 0.497 e. The lowest BCUT2D eigenvalue weighted by Crippen LogP contribution is -2.45. The van der Waals surface area contributed by atoms with Crippen molar-refractivity contribution in [2.75, 3.05) is 33.3 Å². The first-order chi connectivity index (χ1) is 16.1. The summed E-state index contributed by atoms with van der Waals surface area (Å²) in [7, 11) is 1.65. The number of rotatable bonds is 6. The van der Waals surface area contributed by atoms with Gasteiger partial charge in [-0.05, 0) is 49.4 Å². The van der Waals surface area contributed by atoms with Gasteiger partial charge in [-0.1, -0.05) is 12.1 Å². The Bertz CT molecular complexity index is 1170. The van der Waals surface area contributed by atoms with Gasteiger partial charge in [-0.15, -0.1) is 0 Å². The van der Waals surface area contributed by atoms with E-state index in [1.807, 2.05) is 57.0 Å². The van der Waals surface area contributed by atoms with E-state index in [1.54, 1.807) is 13.3 Å². The Morgan fingerprint density at radius 2 is 2.09 bits per heavy atom. The van der Waals surface area contributed by atoms with E-state index in [0.717, 1.165) is 73.4 Å². The van der Waals surface area contributed by atoms with Crippen LogP contribution in [0.1, 0.15) is 25.7 Å². The van der Waals surface area contributed by atoms with Gasteiger partial charge in [0.2, 0.25) is 11.8 Å². The second-order valence-electron chi connectivity index (χ2n) is 9.06. The third kappa shape index (κ3) is 4.45. The zero-order valence-electron chi connectivity index (χ0n) is 19.1. The minimum absolute atomic E-state index is 0.116. The van der Waals surface area contributed by atoms with Crippen molar-refractivity contribution >= 4 is 22.7 Å². The number of aromatic nitrogens is 2. The van der Waals surface area contributed by atoms with Gasteiger partial charge in [0.25, 0.3) is 0 Å². The highest BCUT2D eigenvalue weighted by molar-refractivity contribution is 5.93. The van der Waals surface area contributed by atoms with Crippen LogP contribution in [0.15, 0.2) is 48.8 Å². The number of piperidine rings is 1. The Morgan fingerprint density at radius 1 is 1.18 bits per heavy atom. The van der Waals surface area contributed by atoms with Crippen LogP contribution in [0.2, 0.25) is 0 Å². The predicted octanol–water partition coefficient (Wildman–Crippen LogP) is 3.57. The summed E-state index contributed by atoms with van der Waals surface area (Å²) in [4.78, 5) is 33.9. The Hall–Kier alpha value is -3.35. The van der Waals surface area contributed by atoms with Crippen molar-refractivity contribution in [3.63, 3.8) is 0 Å². The fraction of sp³-hybridized carbons (Fsp3) is 0.423. The number of carbonyl (C=O) groups excluding carboxylic acids is 2. The quantitative estimate of drug-likeness (QED) is 0.581. The summed E-state index contributed by atoms with van der Waals surface area (Å²) in [5, 5.41) is 1.06. The Balaban J connectivity index is 1.34. The summed E-state index contributed by atoms with van der Waals surface area (Å²) >= 11 is 0. The second-order valence-corrected chi connectivity index (χ2v) is 9.06. The molecule has 5 rings (SSSR count). The van der Waals surface area contributed by atoms with Crippen molar-refractivity contribution in [1.82, 2.24) is 19.4 Å². The molecule has 0 spiro atoms. The number of pyridine rings is 1. The Labute approximate surface area is 193 Å². The van der Waals surface area contributed by atoms with Gasteiger partial charge in [0, 0.05) is 55.9 Å². The molecule has 0 radical (unpaired) electrons. The lowest BCUT2D eigenvalue weighted by Gasteiger charge is -2.35. The van der Waals surface area contributed by atoms with Crippen LogP contribution in [0.3, 0.4) is 0 Å². The van der Waals surface area contributed by atoms with Crippen LogP contribution < -0.4 is 4.74 Å². The van der Waals surface area contributed by atoms with E-state index >= 15 is 0 Å². The third-order valence-corrected chi connectivity index (χ3v) is 6.85. The van der Waals surface area contributed by atoms with Crippen LogP contribution in [0, 0.1) is 5.92 Å². The molecule has 172 valence electrons. The Kier molecular flexibility index (Phi) is 6.03. The van der Waals surface area contributed by atoms with Crippen molar-refractivity contribution in [2.24, 2.45) is 5.92 Å². The Morgan fingerprint density at radius 3 is 2.91 bits per heavy atom. The molecule has 0 saturated carbocycles. The summed E-state index contributed by atoms with van der Waals surface area (Å²) in [6, 6.07) is 11.9. The fourth-order valence-electron chi connectivity index (χ4n) is 5.16. The molecule has 2 saturated heterocycles. The van der Waals surface area contributed by atoms with Crippen molar-refractivity contribution in [2.45, 2.75) is 32.2 Å². The summed E-state index contributed by atoms with van der Waals surface area (Å²) in [5.41, 5.74) is 2.75. The first-order valence-electron chi connectivity index (χ1n) is 11.8. The maximum Gasteiger partial charge on any atom is 0.242 e. The molecule has 0 N–H and O–H groups in total. The van der Waals surface area contributed by atoms with E-state index in [-0.39, 0.29) is 18.4 Å². The van der Waals surface area contributed by atoms with E-state index in [2.05, 4.69) is 4.98 Å². The zero-order chi connectivity index (χ0) is 22.8. The van der Waals surface area contributed by atoms with Gasteiger partial charge in [0.05, 0.1) is 18.3 Å². The van der Waals surface area contributed by atoms with Gasteiger partial charge in [-0.3, -0.25) is 14.6 Å². The molecule has 7 heteroatoms. The van der Waals surface area contributed by atoms with Crippen molar-refractivity contribution < 1.29 is 14.3 Å². The first kappa shape index (κ1) is 21.5. The van der Waals surface area contributed by atoms with E-state index < -0.39 is 0 Å². The molecule has 2 aliphatic heterocycles. The molecule has 2 aromatic heterocycles. The van der Waals surface area contributed by atoms with Gasteiger partial charge in [-0.25, -0.2) is 0 Å². The standard InChI is InChI=1S/C26H30N4O3/c1-33-22-7-2-6-21(15-22)25-26-20(9-11-27-25)10-14-30(26)18-24(32)29-12-3-5-19(17-29)16-28-13-4-8-23(28)31/h2,6-7,9-11,14-15,19H,3-5,8,12-13,16-18H2,1H3/t19-/m1/s1. The van der Waals surface area contributed by atoms with E-state index in [1.165, 1.54) is 0 Å². The van der Waals surface area contributed by atoms with Crippen LogP contribution in [0.4, 0.5) is 0 Å². The normalized spacial score (nSPS) is 18.8. The lowest BCUT2D eigenvalue weighted by atomic mass is 9.97. The molecule has 2 aliphatic rings. The molecular formula is C26H30N4O3. The fourth-order valence-corrected chi connectivity index (χ4v) is 5.16. The molecule has 2 fully saturated rings. The molecular weight excluding hydrogens is 416 g/mol. The summed E-state index contributed by atoms with van der Waals surface area (Å²) in [5.74, 6) is 1.51. The molecule has 2 amide bonds. The van der Waals surface area contributed by atoms with Crippen LogP contribution >= 0.6 is 0 Å². The van der Waals surface area contributed by atoms with Crippen LogP contribution in [-0.2, 0) is 16.1 Å². The number of ether oxygens (including phenoxy) is 1. The van der Waals surface area contributed by atoms with Gasteiger partial charge < -0.3 is 19.1 Å². The van der Waals surface area contributed by atoms with E-state index in [0.29, 0.717) is 12.3 Å². The lowest BCUT2D eigenvalue weighted by molar-refractivity contribution is -0.134. The number of hydrogen-bond acceptors (Lipinski definition) is 4. The molecule has 33 heavy (non-hydrogen) atoms. The summed E-state index contributed by atoms with van der Waals surface area (Å²) in [6.45, 7) is 3.42. The highest BCUT2D eigenvalue weighted by Gasteiger charge is 2.28. The maximum atomic E-state index is 13.3. The topological polar surface area (TPSA) is 67.7 Å². The number of benzene rings is 1. The SMILES string of the molecule is COc1cccc(-c2nccc3ccn(CC(=O)N4CCC[C@H](CN5CCCC5=O)C4)c23)c1. The monoisotopic (exact) mass is 446 g/mol. The number of hydrogen-bond donors (Lipinski definition) is 0. The maximum absolute atomic E-state index is 13.3. The molecule has 0 unspecified atom stereocenters. The summed E-state index contributed by atoms with van der Waals surface area (Å²) in [6.07, 6.45) is 7.46.